The molecular formula is C26H24N6O4. The predicted octanol–water partition coefficient (Wildman–Crippen LogP) is 2.01. The number of aromatic nitrogens is 3. The van der Waals surface area contributed by atoms with Gasteiger partial charge in [-0.25, -0.2) is 4.68 Å². The summed E-state index contributed by atoms with van der Waals surface area (Å²) in [4.78, 5) is 51.3. The van der Waals surface area contributed by atoms with E-state index < -0.39 is 11.9 Å². The van der Waals surface area contributed by atoms with Gasteiger partial charge in [0.15, 0.2) is 5.69 Å². The molecule has 3 aliphatic rings. The van der Waals surface area contributed by atoms with E-state index in [4.69, 9.17) is 0 Å². The van der Waals surface area contributed by atoms with Crippen molar-refractivity contribution in [1.82, 2.24) is 30.5 Å². The Kier molecular flexibility index (Phi) is 5.17. The van der Waals surface area contributed by atoms with Crippen molar-refractivity contribution in [3.05, 3.63) is 76.6 Å². The molecule has 1 aliphatic carbocycles. The number of imide groups is 1. The van der Waals surface area contributed by atoms with E-state index in [1.807, 2.05) is 24.3 Å². The van der Waals surface area contributed by atoms with Crippen molar-refractivity contribution < 1.29 is 19.2 Å². The van der Waals surface area contributed by atoms with Crippen LogP contribution < -0.4 is 10.6 Å². The highest BCUT2D eigenvalue weighted by Crippen LogP contribution is 2.39. The summed E-state index contributed by atoms with van der Waals surface area (Å²) in [5, 5.41) is 13.5. The average Bonchev–Trinajstić information content (AvgIpc) is 3.56. The Morgan fingerprint density at radius 3 is 2.72 bits per heavy atom. The minimum atomic E-state index is -0.670. The maximum absolute atomic E-state index is 13.1. The van der Waals surface area contributed by atoms with Crippen molar-refractivity contribution in [1.29, 1.82) is 0 Å². The van der Waals surface area contributed by atoms with Crippen molar-refractivity contribution in [2.75, 3.05) is 0 Å². The van der Waals surface area contributed by atoms with Gasteiger partial charge >= 0.3 is 0 Å². The second-order valence-electron chi connectivity index (χ2n) is 9.58. The van der Waals surface area contributed by atoms with Crippen LogP contribution in [0, 0.1) is 0 Å². The number of hydrogen-bond acceptors (Lipinski definition) is 6. The number of carbonyl (C=O) groups excluding carboxylic acids is 4. The van der Waals surface area contributed by atoms with Gasteiger partial charge in [-0.3, -0.25) is 24.5 Å². The minimum Gasteiger partial charge on any atom is -0.344 e. The highest BCUT2D eigenvalue weighted by Gasteiger charge is 2.39. The number of nitrogens with one attached hydrogen (secondary N) is 2. The molecule has 2 aromatic carbocycles. The third kappa shape index (κ3) is 3.65. The summed E-state index contributed by atoms with van der Waals surface area (Å²) < 4.78 is 1.46. The summed E-state index contributed by atoms with van der Waals surface area (Å²) in [7, 11) is 0. The summed E-state index contributed by atoms with van der Waals surface area (Å²) >= 11 is 0. The van der Waals surface area contributed by atoms with Gasteiger partial charge in [-0.1, -0.05) is 42.5 Å². The molecule has 182 valence electrons. The molecule has 3 atom stereocenters. The van der Waals surface area contributed by atoms with Gasteiger partial charge in [0.05, 0.1) is 17.9 Å². The lowest BCUT2D eigenvalue weighted by Gasteiger charge is -2.29. The van der Waals surface area contributed by atoms with Crippen LogP contribution in [0.4, 0.5) is 0 Å². The fraction of sp³-hybridized carbons (Fsp3) is 0.308. The maximum atomic E-state index is 13.1. The number of hydrogen-bond donors (Lipinski definition) is 2. The summed E-state index contributed by atoms with van der Waals surface area (Å²) in [5.74, 6) is -0.977. The van der Waals surface area contributed by atoms with Crippen LogP contribution in [0.1, 0.15) is 75.7 Å². The second-order valence-corrected chi connectivity index (χ2v) is 9.58. The fourth-order valence-corrected chi connectivity index (χ4v) is 5.43. The Hall–Kier alpha value is -4.34. The zero-order valence-corrected chi connectivity index (χ0v) is 19.6. The SMILES string of the molecule is CC1CC(NC(=O)c2cn(-c3ccc4c(c3)C(=O)N(C3CCC(=O)NC3=O)C4)nn2)c2ccccc21. The van der Waals surface area contributed by atoms with Crippen molar-refractivity contribution in [3.63, 3.8) is 0 Å². The standard InChI is InChI=1S/C26H24N6O4/c1-14-10-20(18-5-3-2-4-17(14)18)27-24(34)21-13-32(30-29-21)16-7-6-15-12-31(26(36)19(15)11-16)22-8-9-23(33)28-25(22)35/h2-7,11,13-14,20,22H,8-10,12H2,1H3,(H,27,34)(H,28,33,35). The van der Waals surface area contributed by atoms with Gasteiger partial charge in [0.25, 0.3) is 11.8 Å². The lowest BCUT2D eigenvalue weighted by molar-refractivity contribution is -0.136. The van der Waals surface area contributed by atoms with Crippen LogP contribution in [0.3, 0.4) is 0 Å². The number of fused-ring (bicyclic) bond motifs is 2. The molecule has 4 amide bonds. The molecule has 0 spiro atoms. The van der Waals surface area contributed by atoms with E-state index in [0.717, 1.165) is 17.5 Å². The van der Waals surface area contributed by atoms with Crippen molar-refractivity contribution >= 4 is 23.6 Å². The Morgan fingerprint density at radius 2 is 1.92 bits per heavy atom. The first kappa shape index (κ1) is 22.1. The van der Waals surface area contributed by atoms with E-state index in [9.17, 15) is 19.2 Å². The molecule has 0 bridgehead atoms. The van der Waals surface area contributed by atoms with Crippen molar-refractivity contribution in [3.8, 4) is 5.69 Å². The van der Waals surface area contributed by atoms with E-state index in [-0.39, 0.29) is 35.9 Å². The molecule has 3 unspecified atom stereocenters. The fourth-order valence-electron chi connectivity index (χ4n) is 5.43. The normalized spacial score (nSPS) is 22.9. The number of benzene rings is 2. The van der Waals surface area contributed by atoms with Crippen LogP contribution in [0.2, 0.25) is 0 Å². The number of piperidine rings is 1. The summed E-state index contributed by atoms with van der Waals surface area (Å²) in [6, 6.07) is 12.7. The molecule has 10 nitrogen and oxygen atoms in total. The Labute approximate surface area is 206 Å². The van der Waals surface area contributed by atoms with Gasteiger partial charge in [-0.05, 0) is 47.6 Å². The molecular weight excluding hydrogens is 460 g/mol. The van der Waals surface area contributed by atoms with E-state index in [0.29, 0.717) is 30.1 Å². The molecule has 2 aliphatic heterocycles. The molecule has 2 N–H and O–H groups in total. The quantitative estimate of drug-likeness (QED) is 0.546. The number of nitrogens with zero attached hydrogens (tertiary/aromatic N) is 4. The van der Waals surface area contributed by atoms with Crippen LogP contribution in [-0.2, 0) is 16.1 Å². The van der Waals surface area contributed by atoms with Crippen LogP contribution in [0.5, 0.6) is 0 Å². The Morgan fingerprint density at radius 1 is 1.11 bits per heavy atom. The van der Waals surface area contributed by atoms with Crippen molar-refractivity contribution in [2.45, 2.75) is 50.7 Å². The zero-order valence-electron chi connectivity index (χ0n) is 19.6. The molecule has 1 saturated heterocycles. The third-order valence-corrected chi connectivity index (χ3v) is 7.30. The predicted molar refractivity (Wildman–Crippen MR) is 127 cm³/mol. The van der Waals surface area contributed by atoms with E-state index in [1.54, 1.807) is 18.3 Å². The average molecular weight is 485 g/mol. The Bertz CT molecular complexity index is 1430. The molecule has 1 aromatic heterocycles. The molecule has 10 heteroatoms. The third-order valence-electron chi connectivity index (χ3n) is 7.30. The van der Waals surface area contributed by atoms with Crippen LogP contribution in [-0.4, -0.2) is 49.6 Å². The highest BCUT2D eigenvalue weighted by atomic mass is 16.2. The highest BCUT2D eigenvalue weighted by molar-refractivity contribution is 6.05. The molecule has 0 saturated carbocycles. The first-order valence-corrected chi connectivity index (χ1v) is 12.0. The van der Waals surface area contributed by atoms with E-state index in [2.05, 4.69) is 33.9 Å². The second kappa shape index (κ2) is 8.40. The van der Waals surface area contributed by atoms with Crippen LogP contribution in [0.15, 0.2) is 48.7 Å². The first-order valence-electron chi connectivity index (χ1n) is 12.0. The monoisotopic (exact) mass is 484 g/mol. The minimum absolute atomic E-state index is 0.0790. The van der Waals surface area contributed by atoms with Gasteiger partial charge < -0.3 is 10.2 Å². The largest absolute Gasteiger partial charge is 0.344 e. The smallest absolute Gasteiger partial charge is 0.273 e. The van der Waals surface area contributed by atoms with Crippen LogP contribution >= 0.6 is 0 Å². The molecule has 6 rings (SSSR count). The van der Waals surface area contributed by atoms with E-state index >= 15 is 0 Å². The number of carbonyl (C=O) groups is 4. The first-order chi connectivity index (χ1) is 17.4. The van der Waals surface area contributed by atoms with Crippen LogP contribution in [0.25, 0.3) is 5.69 Å². The molecule has 0 radical (unpaired) electrons. The van der Waals surface area contributed by atoms with Gasteiger partial charge in [-0.15, -0.1) is 5.10 Å². The molecule has 3 heterocycles. The van der Waals surface area contributed by atoms with Gasteiger partial charge in [-0.2, -0.15) is 0 Å². The number of amides is 4. The molecule has 36 heavy (non-hydrogen) atoms. The van der Waals surface area contributed by atoms with E-state index in [1.165, 1.54) is 15.1 Å². The van der Waals surface area contributed by atoms with Gasteiger partial charge in [0.2, 0.25) is 11.8 Å². The maximum Gasteiger partial charge on any atom is 0.273 e. The lowest BCUT2D eigenvalue weighted by atomic mass is 10.0. The molecule has 1 fully saturated rings. The summed E-state index contributed by atoms with van der Waals surface area (Å²) in [6.07, 6.45) is 2.88. The van der Waals surface area contributed by atoms with Gasteiger partial charge in [0.1, 0.15) is 6.04 Å². The summed E-state index contributed by atoms with van der Waals surface area (Å²) in [6.45, 7) is 2.45. The topological polar surface area (TPSA) is 126 Å². The van der Waals surface area contributed by atoms with Crippen molar-refractivity contribution in [2.24, 2.45) is 0 Å². The lowest BCUT2D eigenvalue weighted by Crippen LogP contribution is -2.52. The summed E-state index contributed by atoms with van der Waals surface area (Å²) in [5.41, 5.74) is 4.41. The Balaban J connectivity index is 1.18. The van der Waals surface area contributed by atoms with Gasteiger partial charge in [0, 0.05) is 18.5 Å². The number of rotatable bonds is 4. The molecule has 3 aromatic rings. The zero-order chi connectivity index (χ0) is 25.0.